The van der Waals surface area contributed by atoms with E-state index in [-0.39, 0.29) is 0 Å². The number of piperidine rings is 1. The lowest BCUT2D eigenvalue weighted by molar-refractivity contribution is -0.908. The number of nitrogens with one attached hydrogen (secondary N) is 1. The van der Waals surface area contributed by atoms with E-state index in [9.17, 15) is 0 Å². The Hall–Kier alpha value is -0.250. The van der Waals surface area contributed by atoms with Gasteiger partial charge >= 0.3 is 0 Å². The second-order valence-corrected chi connectivity index (χ2v) is 6.80. The molecule has 1 N–H and O–H groups in total. The van der Waals surface area contributed by atoms with Crippen molar-refractivity contribution in [2.45, 2.75) is 26.2 Å². The highest BCUT2D eigenvalue weighted by Gasteiger charge is 2.18. The molecule has 0 spiro atoms. The van der Waals surface area contributed by atoms with Gasteiger partial charge in [0.25, 0.3) is 0 Å². The third kappa shape index (κ3) is 4.97. The van der Waals surface area contributed by atoms with Gasteiger partial charge in [-0.05, 0) is 31.0 Å². The number of rotatable bonds is 5. The van der Waals surface area contributed by atoms with Gasteiger partial charge in [-0.1, -0.05) is 34.5 Å². The predicted molar refractivity (Wildman–Crippen MR) is 83.2 cm³/mol. The van der Waals surface area contributed by atoms with Crippen LogP contribution in [0, 0.1) is 5.92 Å². The van der Waals surface area contributed by atoms with E-state index in [1.165, 1.54) is 32.5 Å². The van der Waals surface area contributed by atoms with Gasteiger partial charge in [-0.3, -0.25) is 0 Å². The Morgan fingerprint density at radius 2 is 2.32 bits per heavy atom. The molecular formula is C15H22BrClNO+. The molecule has 1 heterocycles. The normalized spacial score (nSPS) is 23.3. The summed E-state index contributed by atoms with van der Waals surface area (Å²) < 4.78 is 6.73. The molecule has 0 amide bonds. The van der Waals surface area contributed by atoms with Crippen molar-refractivity contribution in [3.63, 3.8) is 0 Å². The summed E-state index contributed by atoms with van der Waals surface area (Å²) in [5, 5.41) is 0.674. The molecule has 19 heavy (non-hydrogen) atoms. The molecule has 2 nitrogen and oxygen atoms in total. The maximum Gasteiger partial charge on any atom is 0.137 e. The summed E-state index contributed by atoms with van der Waals surface area (Å²) in [6, 6.07) is 5.75. The van der Waals surface area contributed by atoms with Crippen LogP contribution in [0.1, 0.15) is 26.2 Å². The number of hydrogen-bond acceptors (Lipinski definition) is 1. The zero-order valence-electron chi connectivity index (χ0n) is 11.4. The second kappa shape index (κ2) is 7.51. The highest BCUT2D eigenvalue weighted by Crippen LogP contribution is 2.27. The quantitative estimate of drug-likeness (QED) is 0.808. The van der Waals surface area contributed by atoms with Gasteiger partial charge in [0.2, 0.25) is 0 Å². The van der Waals surface area contributed by atoms with Gasteiger partial charge in [-0.15, -0.1) is 0 Å². The van der Waals surface area contributed by atoms with Crippen molar-refractivity contribution in [1.29, 1.82) is 0 Å². The molecule has 1 unspecified atom stereocenters. The first-order chi connectivity index (χ1) is 9.15. The van der Waals surface area contributed by atoms with E-state index in [2.05, 4.69) is 22.9 Å². The third-order valence-electron chi connectivity index (χ3n) is 3.69. The van der Waals surface area contributed by atoms with Crippen LogP contribution in [0.15, 0.2) is 22.7 Å². The maximum absolute atomic E-state index is 6.12. The van der Waals surface area contributed by atoms with Crippen LogP contribution in [0.3, 0.4) is 0 Å². The fourth-order valence-corrected chi connectivity index (χ4v) is 3.45. The molecule has 0 saturated carbocycles. The average Bonchev–Trinajstić information content (AvgIpc) is 2.37. The van der Waals surface area contributed by atoms with Gasteiger partial charge < -0.3 is 9.64 Å². The van der Waals surface area contributed by atoms with E-state index < -0.39 is 0 Å². The SMILES string of the molecule is C[C@H]1CCC[NH+](CCCOc2ccc(Br)cc2Cl)C1. The Bertz CT molecular complexity index is 413. The second-order valence-electron chi connectivity index (χ2n) is 5.48. The van der Waals surface area contributed by atoms with E-state index in [0.29, 0.717) is 5.02 Å². The molecule has 1 aromatic rings. The number of hydrogen-bond donors (Lipinski definition) is 1. The number of benzene rings is 1. The minimum Gasteiger partial charge on any atom is -0.492 e. The number of likely N-dealkylation sites (tertiary alicyclic amines) is 1. The average molecular weight is 348 g/mol. The van der Waals surface area contributed by atoms with Crippen molar-refractivity contribution >= 4 is 27.5 Å². The molecule has 0 bridgehead atoms. The van der Waals surface area contributed by atoms with E-state index in [4.69, 9.17) is 16.3 Å². The Kier molecular flexibility index (Phi) is 5.99. The molecule has 1 aliphatic rings. The van der Waals surface area contributed by atoms with E-state index in [1.807, 2.05) is 18.2 Å². The molecule has 1 fully saturated rings. The molecule has 0 radical (unpaired) electrons. The molecule has 4 heteroatoms. The summed E-state index contributed by atoms with van der Waals surface area (Å²) >= 11 is 9.51. The summed E-state index contributed by atoms with van der Waals surface area (Å²) in [6.45, 7) is 6.96. The van der Waals surface area contributed by atoms with Crippen LogP contribution < -0.4 is 9.64 Å². The Morgan fingerprint density at radius 3 is 3.05 bits per heavy atom. The molecule has 0 aromatic heterocycles. The van der Waals surface area contributed by atoms with Crippen LogP contribution in [-0.2, 0) is 0 Å². The van der Waals surface area contributed by atoms with E-state index in [1.54, 1.807) is 4.90 Å². The maximum atomic E-state index is 6.12. The lowest BCUT2D eigenvalue weighted by Crippen LogP contribution is -3.13. The zero-order chi connectivity index (χ0) is 13.7. The summed E-state index contributed by atoms with van der Waals surface area (Å²) in [5.41, 5.74) is 0. The van der Waals surface area contributed by atoms with Crippen LogP contribution in [0.25, 0.3) is 0 Å². The minimum absolute atomic E-state index is 0.674. The largest absolute Gasteiger partial charge is 0.492 e. The standard InChI is InChI=1S/C15H21BrClNO/c1-12-4-2-7-18(11-12)8-3-9-19-15-6-5-13(16)10-14(15)17/h5-6,10,12H,2-4,7-9,11H2,1H3/p+1/t12-/m0/s1. The van der Waals surface area contributed by atoms with Crippen LogP contribution in [-0.4, -0.2) is 26.2 Å². The Morgan fingerprint density at radius 1 is 1.47 bits per heavy atom. The number of ether oxygens (including phenoxy) is 1. The zero-order valence-corrected chi connectivity index (χ0v) is 13.8. The molecule has 0 aliphatic carbocycles. The van der Waals surface area contributed by atoms with Crippen LogP contribution in [0.5, 0.6) is 5.75 Å². The lowest BCUT2D eigenvalue weighted by Gasteiger charge is -2.27. The van der Waals surface area contributed by atoms with Gasteiger partial charge in [-0.25, -0.2) is 0 Å². The van der Waals surface area contributed by atoms with Gasteiger partial charge in [0.1, 0.15) is 5.75 Å². The van der Waals surface area contributed by atoms with Gasteiger partial charge in [0.15, 0.2) is 0 Å². The molecule has 1 saturated heterocycles. The molecule has 106 valence electrons. The smallest absolute Gasteiger partial charge is 0.137 e. The molecule has 2 atom stereocenters. The van der Waals surface area contributed by atoms with Crippen molar-refractivity contribution < 1.29 is 9.64 Å². The lowest BCUT2D eigenvalue weighted by atomic mass is 10.0. The van der Waals surface area contributed by atoms with Crippen molar-refractivity contribution in [2.24, 2.45) is 5.92 Å². The van der Waals surface area contributed by atoms with Gasteiger partial charge in [0, 0.05) is 16.8 Å². The van der Waals surface area contributed by atoms with Crippen LogP contribution in [0.4, 0.5) is 0 Å². The minimum atomic E-state index is 0.674. The van der Waals surface area contributed by atoms with E-state index >= 15 is 0 Å². The summed E-state index contributed by atoms with van der Waals surface area (Å²) in [4.78, 5) is 1.73. The monoisotopic (exact) mass is 346 g/mol. The summed E-state index contributed by atoms with van der Waals surface area (Å²) in [7, 11) is 0. The number of quaternary nitrogens is 1. The first-order valence-corrected chi connectivity index (χ1v) is 8.23. The first-order valence-electron chi connectivity index (χ1n) is 7.06. The van der Waals surface area contributed by atoms with Crippen molar-refractivity contribution in [1.82, 2.24) is 0 Å². The first kappa shape index (κ1) is 15.1. The fourth-order valence-electron chi connectivity index (χ4n) is 2.72. The molecular weight excluding hydrogens is 326 g/mol. The van der Waals surface area contributed by atoms with Gasteiger partial charge in [0.05, 0.1) is 31.3 Å². The summed E-state index contributed by atoms with van der Waals surface area (Å²) in [5.74, 6) is 1.66. The predicted octanol–water partition coefficient (Wildman–Crippen LogP) is 3.19. The van der Waals surface area contributed by atoms with E-state index in [0.717, 1.165) is 29.2 Å². The van der Waals surface area contributed by atoms with Crippen molar-refractivity contribution in [3.8, 4) is 5.75 Å². The third-order valence-corrected chi connectivity index (χ3v) is 4.48. The van der Waals surface area contributed by atoms with Crippen LogP contribution in [0.2, 0.25) is 5.02 Å². The van der Waals surface area contributed by atoms with Gasteiger partial charge in [-0.2, -0.15) is 0 Å². The molecule has 2 rings (SSSR count). The topological polar surface area (TPSA) is 13.7 Å². The summed E-state index contributed by atoms with van der Waals surface area (Å²) in [6.07, 6.45) is 3.86. The Labute approximate surface area is 129 Å². The van der Waals surface area contributed by atoms with Crippen LogP contribution >= 0.6 is 27.5 Å². The fraction of sp³-hybridized carbons (Fsp3) is 0.600. The molecule has 1 aliphatic heterocycles. The molecule has 1 aromatic carbocycles. The Balaban J connectivity index is 1.69. The van der Waals surface area contributed by atoms with Crippen molar-refractivity contribution in [2.75, 3.05) is 26.2 Å². The number of halogens is 2. The van der Waals surface area contributed by atoms with Crippen molar-refractivity contribution in [3.05, 3.63) is 27.7 Å². The highest BCUT2D eigenvalue weighted by atomic mass is 79.9. The highest BCUT2D eigenvalue weighted by molar-refractivity contribution is 9.10.